The molecule has 4 N–H and O–H groups in total. The average molecular weight is 296 g/mol. The summed E-state index contributed by atoms with van der Waals surface area (Å²) in [6.45, 7) is 3.68. The maximum Gasteiger partial charge on any atom is 0.220 e. The highest BCUT2D eigenvalue weighted by Crippen LogP contribution is 2.30. The van der Waals surface area contributed by atoms with Crippen LogP contribution in [0, 0.1) is 5.92 Å². The molecule has 1 aromatic rings. The molecule has 4 nitrogen and oxygen atoms in total. The Morgan fingerprint density at radius 2 is 2.05 bits per heavy atom. The summed E-state index contributed by atoms with van der Waals surface area (Å²) in [5.74, 6) is -0.191. The minimum Gasteiger partial charge on any atom is -0.369 e. The van der Waals surface area contributed by atoms with Crippen LogP contribution in [-0.4, -0.2) is 29.9 Å². The van der Waals surface area contributed by atoms with Crippen LogP contribution in [0.25, 0.3) is 0 Å². The van der Waals surface area contributed by atoms with Crippen LogP contribution >= 0.6 is 11.6 Å². The summed E-state index contributed by atoms with van der Waals surface area (Å²) in [7, 11) is 0. The van der Waals surface area contributed by atoms with Crippen molar-refractivity contribution in [3.8, 4) is 0 Å². The second-order valence-electron chi connectivity index (χ2n) is 5.57. The van der Waals surface area contributed by atoms with Crippen LogP contribution < -0.4 is 11.5 Å². The molecule has 1 heterocycles. The molecule has 0 radical (unpaired) electrons. The maximum atomic E-state index is 11.2. The molecule has 2 rings (SSSR count). The molecule has 0 aliphatic carbocycles. The monoisotopic (exact) mass is 295 g/mol. The molecule has 110 valence electrons. The van der Waals surface area contributed by atoms with Crippen molar-refractivity contribution in [1.82, 2.24) is 4.90 Å². The number of carbonyl (C=O) groups excluding carboxylic acids is 1. The van der Waals surface area contributed by atoms with Gasteiger partial charge in [-0.25, -0.2) is 0 Å². The molecule has 1 saturated heterocycles. The first-order valence-corrected chi connectivity index (χ1v) is 7.41. The van der Waals surface area contributed by atoms with E-state index in [-0.39, 0.29) is 23.9 Å². The van der Waals surface area contributed by atoms with E-state index in [0.29, 0.717) is 0 Å². The lowest BCUT2D eigenvalue weighted by atomic mass is 9.92. The molecule has 0 bridgehead atoms. The Hall–Kier alpha value is -1.10. The highest BCUT2D eigenvalue weighted by atomic mass is 35.5. The van der Waals surface area contributed by atoms with Gasteiger partial charge in [-0.3, -0.25) is 9.69 Å². The lowest BCUT2D eigenvalue weighted by Crippen LogP contribution is -2.45. The minimum absolute atomic E-state index is 0.000609. The Balaban J connectivity index is 2.13. The third-order valence-electron chi connectivity index (χ3n) is 4.01. The van der Waals surface area contributed by atoms with Gasteiger partial charge in [0.1, 0.15) is 0 Å². The Morgan fingerprint density at radius 3 is 2.55 bits per heavy atom. The van der Waals surface area contributed by atoms with E-state index in [4.69, 9.17) is 23.1 Å². The third-order valence-corrected chi connectivity index (χ3v) is 4.25. The van der Waals surface area contributed by atoms with E-state index >= 15 is 0 Å². The molecule has 2 atom stereocenters. The van der Waals surface area contributed by atoms with Gasteiger partial charge in [-0.1, -0.05) is 23.7 Å². The number of primary amides is 1. The fourth-order valence-corrected chi connectivity index (χ4v) is 3.20. The third kappa shape index (κ3) is 3.51. The lowest BCUT2D eigenvalue weighted by molar-refractivity contribution is -0.123. The van der Waals surface area contributed by atoms with Crippen LogP contribution in [0.4, 0.5) is 0 Å². The zero-order valence-corrected chi connectivity index (χ0v) is 12.5. The van der Waals surface area contributed by atoms with E-state index in [0.717, 1.165) is 36.5 Å². The first-order valence-electron chi connectivity index (χ1n) is 7.03. The quantitative estimate of drug-likeness (QED) is 0.891. The number of amides is 1. The number of nitrogens with two attached hydrogens (primary N) is 2. The number of benzene rings is 1. The van der Waals surface area contributed by atoms with Crippen molar-refractivity contribution >= 4 is 17.5 Å². The normalized spacial score (nSPS) is 20.6. The zero-order valence-electron chi connectivity index (χ0n) is 11.8. The summed E-state index contributed by atoms with van der Waals surface area (Å²) in [6.07, 6.45) is 1.61. The predicted octanol–water partition coefficient (Wildman–Crippen LogP) is 1.93. The van der Waals surface area contributed by atoms with Gasteiger partial charge in [-0.15, -0.1) is 0 Å². The van der Waals surface area contributed by atoms with E-state index in [1.807, 2.05) is 25.1 Å². The van der Waals surface area contributed by atoms with Crippen LogP contribution in [-0.2, 0) is 4.79 Å². The van der Waals surface area contributed by atoms with Gasteiger partial charge in [-0.05, 0) is 50.6 Å². The molecule has 0 aromatic heterocycles. The molecule has 1 aromatic carbocycles. The number of hydrogen-bond donors (Lipinski definition) is 2. The van der Waals surface area contributed by atoms with E-state index in [2.05, 4.69) is 11.0 Å². The van der Waals surface area contributed by atoms with Crippen molar-refractivity contribution < 1.29 is 4.79 Å². The fraction of sp³-hybridized carbons (Fsp3) is 0.533. The smallest absolute Gasteiger partial charge is 0.220 e. The number of hydrogen-bond acceptors (Lipinski definition) is 3. The van der Waals surface area contributed by atoms with Crippen LogP contribution in [0.15, 0.2) is 24.3 Å². The first-order chi connectivity index (χ1) is 9.49. The summed E-state index contributed by atoms with van der Waals surface area (Å²) in [5.41, 5.74) is 12.7. The summed E-state index contributed by atoms with van der Waals surface area (Å²) in [6, 6.07) is 7.96. The van der Waals surface area contributed by atoms with E-state index in [1.54, 1.807) is 0 Å². The molecule has 1 amide bonds. The second kappa shape index (κ2) is 6.57. The van der Waals surface area contributed by atoms with Crippen LogP contribution in [0.5, 0.6) is 0 Å². The molecule has 2 unspecified atom stereocenters. The molecule has 1 aliphatic rings. The summed E-state index contributed by atoms with van der Waals surface area (Å²) < 4.78 is 0. The van der Waals surface area contributed by atoms with Crippen molar-refractivity contribution in [2.24, 2.45) is 17.4 Å². The minimum atomic E-state index is -0.190. The number of rotatable bonds is 4. The van der Waals surface area contributed by atoms with Gasteiger partial charge < -0.3 is 11.5 Å². The van der Waals surface area contributed by atoms with Crippen LogP contribution in [0.2, 0.25) is 5.02 Å². The van der Waals surface area contributed by atoms with Gasteiger partial charge in [0.05, 0.1) is 0 Å². The Bertz CT molecular complexity index is 470. The number of halogens is 1. The van der Waals surface area contributed by atoms with Crippen LogP contribution in [0.1, 0.15) is 31.4 Å². The molecule has 5 heteroatoms. The van der Waals surface area contributed by atoms with Crippen molar-refractivity contribution in [1.29, 1.82) is 0 Å². The Labute approximate surface area is 125 Å². The van der Waals surface area contributed by atoms with Crippen molar-refractivity contribution in [3.63, 3.8) is 0 Å². The zero-order chi connectivity index (χ0) is 14.7. The number of likely N-dealkylation sites (tertiary alicyclic amines) is 1. The van der Waals surface area contributed by atoms with Gasteiger partial charge in [-0.2, -0.15) is 0 Å². The number of nitrogens with zero attached hydrogens (tertiary/aromatic N) is 1. The van der Waals surface area contributed by atoms with Gasteiger partial charge >= 0.3 is 0 Å². The second-order valence-corrected chi connectivity index (χ2v) is 6.01. The van der Waals surface area contributed by atoms with E-state index < -0.39 is 0 Å². The first kappa shape index (κ1) is 15.3. The molecular formula is C15H22ClN3O. The summed E-state index contributed by atoms with van der Waals surface area (Å²) >= 11 is 6.08. The molecule has 20 heavy (non-hydrogen) atoms. The Kier molecular flexibility index (Phi) is 5.02. The van der Waals surface area contributed by atoms with Gasteiger partial charge in [0.15, 0.2) is 0 Å². The molecular weight excluding hydrogens is 274 g/mol. The highest BCUT2D eigenvalue weighted by molar-refractivity contribution is 6.30. The molecule has 0 spiro atoms. The van der Waals surface area contributed by atoms with Gasteiger partial charge in [0.2, 0.25) is 5.91 Å². The van der Waals surface area contributed by atoms with Crippen LogP contribution in [0.3, 0.4) is 0 Å². The Morgan fingerprint density at radius 1 is 1.40 bits per heavy atom. The van der Waals surface area contributed by atoms with Gasteiger partial charge in [0, 0.05) is 23.0 Å². The molecule has 1 fully saturated rings. The SMILES string of the molecule is CC(N)C(c1cccc(Cl)c1)N1CCC(C(N)=O)CC1. The van der Waals surface area contributed by atoms with Crippen molar-refractivity contribution in [3.05, 3.63) is 34.9 Å². The summed E-state index contributed by atoms with van der Waals surface area (Å²) in [5, 5.41) is 0.722. The number of piperidine rings is 1. The molecule has 0 saturated carbocycles. The van der Waals surface area contributed by atoms with Crippen molar-refractivity contribution in [2.45, 2.75) is 31.8 Å². The van der Waals surface area contributed by atoms with E-state index in [9.17, 15) is 4.79 Å². The predicted molar refractivity (Wildman–Crippen MR) is 81.3 cm³/mol. The standard InChI is InChI=1S/C15H22ClN3O/c1-10(17)14(12-3-2-4-13(16)9-12)19-7-5-11(6-8-19)15(18)20/h2-4,9-11,14H,5-8,17H2,1H3,(H2,18,20). The fourth-order valence-electron chi connectivity index (χ4n) is 3.00. The lowest BCUT2D eigenvalue weighted by Gasteiger charge is -2.39. The average Bonchev–Trinajstić information content (AvgIpc) is 2.39. The number of carbonyl (C=O) groups is 1. The maximum absolute atomic E-state index is 11.2. The van der Waals surface area contributed by atoms with Crippen molar-refractivity contribution in [2.75, 3.05) is 13.1 Å². The highest BCUT2D eigenvalue weighted by Gasteiger charge is 2.30. The summed E-state index contributed by atoms with van der Waals surface area (Å²) in [4.78, 5) is 13.6. The van der Waals surface area contributed by atoms with Gasteiger partial charge in [0.25, 0.3) is 0 Å². The largest absolute Gasteiger partial charge is 0.369 e. The van der Waals surface area contributed by atoms with E-state index in [1.165, 1.54) is 0 Å². The topological polar surface area (TPSA) is 72.3 Å². The molecule has 1 aliphatic heterocycles.